The highest BCUT2D eigenvalue weighted by Gasteiger charge is 2.19. The Hall–Kier alpha value is -0.590. The van der Waals surface area contributed by atoms with E-state index < -0.39 is 0 Å². The molecule has 0 aliphatic carbocycles. The van der Waals surface area contributed by atoms with Crippen molar-refractivity contribution in [3.8, 4) is 6.07 Å². The Morgan fingerprint density at radius 3 is 2.44 bits per heavy atom. The molecule has 1 aliphatic heterocycles. The minimum Gasteiger partial charge on any atom is -0.313 e. The van der Waals surface area contributed by atoms with Gasteiger partial charge in [-0.15, -0.1) is 0 Å². The maximum absolute atomic E-state index is 8.71. The van der Waals surface area contributed by atoms with Crippen LogP contribution in [0.25, 0.3) is 0 Å². The molecular weight excluding hydrogens is 198 g/mol. The van der Waals surface area contributed by atoms with Crippen molar-refractivity contribution in [1.82, 2.24) is 10.2 Å². The largest absolute Gasteiger partial charge is 0.313 e. The molecule has 1 rings (SSSR count). The molecule has 0 spiro atoms. The van der Waals surface area contributed by atoms with E-state index in [2.05, 4.69) is 30.1 Å². The standard InChI is InChI=1S/C13H25N3/c1-11(2)10-16-6-4-13(5-7-16)15-9-12(3)8-14/h11-13,15H,4-7,9-10H2,1-3H3. The lowest BCUT2D eigenvalue weighted by molar-refractivity contribution is 0.179. The first kappa shape index (κ1) is 13.5. The van der Waals surface area contributed by atoms with Crippen LogP contribution < -0.4 is 5.32 Å². The first-order chi connectivity index (χ1) is 7.61. The number of nitrogens with one attached hydrogen (secondary N) is 1. The van der Waals surface area contributed by atoms with Gasteiger partial charge in [-0.1, -0.05) is 13.8 Å². The molecule has 1 N–H and O–H groups in total. The monoisotopic (exact) mass is 223 g/mol. The number of piperidine rings is 1. The lowest BCUT2D eigenvalue weighted by atomic mass is 10.0. The molecule has 0 aromatic heterocycles. The highest BCUT2D eigenvalue weighted by Crippen LogP contribution is 2.12. The highest BCUT2D eigenvalue weighted by atomic mass is 15.1. The molecule has 16 heavy (non-hydrogen) atoms. The van der Waals surface area contributed by atoms with Gasteiger partial charge in [0.05, 0.1) is 12.0 Å². The smallest absolute Gasteiger partial charge is 0.0666 e. The van der Waals surface area contributed by atoms with E-state index in [9.17, 15) is 0 Å². The van der Waals surface area contributed by atoms with E-state index in [1.807, 2.05) is 6.92 Å². The number of rotatable bonds is 5. The summed E-state index contributed by atoms with van der Waals surface area (Å²) in [7, 11) is 0. The minimum atomic E-state index is 0.133. The predicted molar refractivity (Wildman–Crippen MR) is 67.1 cm³/mol. The number of hydrogen-bond donors (Lipinski definition) is 1. The van der Waals surface area contributed by atoms with Crippen molar-refractivity contribution in [2.75, 3.05) is 26.2 Å². The summed E-state index contributed by atoms with van der Waals surface area (Å²) >= 11 is 0. The second-order valence-electron chi connectivity index (χ2n) is 5.41. The van der Waals surface area contributed by atoms with Gasteiger partial charge in [0.1, 0.15) is 0 Å². The fourth-order valence-electron chi connectivity index (χ4n) is 2.23. The normalized spacial score (nSPS) is 20.9. The molecule has 0 aromatic carbocycles. The summed E-state index contributed by atoms with van der Waals surface area (Å²) in [5.41, 5.74) is 0. The SMILES string of the molecule is CC(C)CN1CCC(NCC(C)C#N)CC1. The highest BCUT2D eigenvalue weighted by molar-refractivity contribution is 4.83. The number of nitriles is 1. The fraction of sp³-hybridized carbons (Fsp3) is 0.923. The molecule has 1 fully saturated rings. The van der Waals surface area contributed by atoms with Crippen LogP contribution in [0, 0.1) is 23.2 Å². The summed E-state index contributed by atoms with van der Waals surface area (Å²) in [6, 6.07) is 2.89. The van der Waals surface area contributed by atoms with Crippen LogP contribution in [0.4, 0.5) is 0 Å². The van der Waals surface area contributed by atoms with Gasteiger partial charge in [0.2, 0.25) is 0 Å². The molecule has 3 nitrogen and oxygen atoms in total. The van der Waals surface area contributed by atoms with Gasteiger partial charge in [-0.25, -0.2) is 0 Å². The topological polar surface area (TPSA) is 39.1 Å². The molecule has 0 aromatic rings. The van der Waals surface area contributed by atoms with Crippen molar-refractivity contribution in [2.24, 2.45) is 11.8 Å². The Kier molecular flexibility index (Phi) is 5.79. The van der Waals surface area contributed by atoms with E-state index in [0.29, 0.717) is 6.04 Å². The first-order valence-electron chi connectivity index (χ1n) is 6.47. The van der Waals surface area contributed by atoms with Gasteiger partial charge in [-0.2, -0.15) is 5.26 Å². The van der Waals surface area contributed by atoms with Crippen LogP contribution >= 0.6 is 0 Å². The van der Waals surface area contributed by atoms with Crippen molar-refractivity contribution in [1.29, 1.82) is 5.26 Å². The van der Waals surface area contributed by atoms with Crippen LogP contribution in [0.5, 0.6) is 0 Å². The zero-order valence-electron chi connectivity index (χ0n) is 10.9. The third-order valence-corrected chi connectivity index (χ3v) is 3.14. The Morgan fingerprint density at radius 2 is 1.94 bits per heavy atom. The van der Waals surface area contributed by atoms with Crippen LogP contribution in [-0.4, -0.2) is 37.1 Å². The third kappa shape index (κ3) is 4.96. The van der Waals surface area contributed by atoms with Crippen LogP contribution in [0.1, 0.15) is 33.6 Å². The average Bonchev–Trinajstić information content (AvgIpc) is 2.27. The van der Waals surface area contributed by atoms with Crippen molar-refractivity contribution in [3.05, 3.63) is 0 Å². The number of nitrogens with zero attached hydrogens (tertiary/aromatic N) is 2. The summed E-state index contributed by atoms with van der Waals surface area (Å²) in [5, 5.41) is 12.2. The number of likely N-dealkylation sites (tertiary alicyclic amines) is 1. The second-order valence-corrected chi connectivity index (χ2v) is 5.41. The van der Waals surface area contributed by atoms with Crippen molar-refractivity contribution < 1.29 is 0 Å². The molecule has 3 heteroatoms. The maximum atomic E-state index is 8.71. The first-order valence-corrected chi connectivity index (χ1v) is 6.47. The van der Waals surface area contributed by atoms with E-state index in [4.69, 9.17) is 5.26 Å². The quantitative estimate of drug-likeness (QED) is 0.773. The van der Waals surface area contributed by atoms with Gasteiger partial charge in [0, 0.05) is 19.1 Å². The summed E-state index contributed by atoms with van der Waals surface area (Å²) in [4.78, 5) is 2.55. The molecule has 1 heterocycles. The lowest BCUT2D eigenvalue weighted by Crippen LogP contribution is -2.44. The lowest BCUT2D eigenvalue weighted by Gasteiger charge is -2.33. The van der Waals surface area contributed by atoms with Gasteiger partial charge >= 0.3 is 0 Å². The van der Waals surface area contributed by atoms with Crippen molar-refractivity contribution in [2.45, 2.75) is 39.7 Å². The predicted octanol–water partition coefficient (Wildman–Crippen LogP) is 1.86. The van der Waals surface area contributed by atoms with Gasteiger partial charge in [0.15, 0.2) is 0 Å². The van der Waals surface area contributed by atoms with Crippen LogP contribution in [0.2, 0.25) is 0 Å². The second kappa shape index (κ2) is 6.88. The average molecular weight is 223 g/mol. The zero-order valence-corrected chi connectivity index (χ0v) is 10.9. The van der Waals surface area contributed by atoms with Gasteiger partial charge < -0.3 is 10.2 Å². The molecule has 1 aliphatic rings. The summed E-state index contributed by atoms with van der Waals surface area (Å²) in [6.45, 7) is 11.0. The van der Waals surface area contributed by atoms with Crippen LogP contribution in [0.15, 0.2) is 0 Å². The fourth-order valence-corrected chi connectivity index (χ4v) is 2.23. The van der Waals surface area contributed by atoms with Gasteiger partial charge in [-0.05, 0) is 38.8 Å². The maximum Gasteiger partial charge on any atom is 0.0666 e. The van der Waals surface area contributed by atoms with Crippen molar-refractivity contribution >= 4 is 0 Å². The van der Waals surface area contributed by atoms with Gasteiger partial charge in [0.25, 0.3) is 0 Å². The molecule has 0 bridgehead atoms. The third-order valence-electron chi connectivity index (χ3n) is 3.14. The molecular formula is C13H25N3. The van der Waals surface area contributed by atoms with Gasteiger partial charge in [-0.3, -0.25) is 0 Å². The Balaban J connectivity index is 2.15. The molecule has 1 atom stereocenters. The van der Waals surface area contributed by atoms with E-state index in [1.54, 1.807) is 0 Å². The van der Waals surface area contributed by atoms with Crippen LogP contribution in [0.3, 0.4) is 0 Å². The minimum absolute atomic E-state index is 0.133. The number of hydrogen-bond acceptors (Lipinski definition) is 3. The Bertz CT molecular complexity index is 224. The van der Waals surface area contributed by atoms with E-state index in [1.165, 1.54) is 32.5 Å². The summed E-state index contributed by atoms with van der Waals surface area (Å²) < 4.78 is 0. The van der Waals surface area contributed by atoms with E-state index in [0.717, 1.165) is 12.5 Å². The summed E-state index contributed by atoms with van der Waals surface area (Å²) in [6.07, 6.45) is 2.45. The summed E-state index contributed by atoms with van der Waals surface area (Å²) in [5.74, 6) is 0.900. The Labute approximate surface area is 99.8 Å². The molecule has 0 radical (unpaired) electrons. The van der Waals surface area contributed by atoms with E-state index >= 15 is 0 Å². The zero-order chi connectivity index (χ0) is 12.0. The molecule has 0 amide bonds. The molecule has 92 valence electrons. The Morgan fingerprint density at radius 1 is 1.31 bits per heavy atom. The van der Waals surface area contributed by atoms with Crippen LogP contribution in [-0.2, 0) is 0 Å². The van der Waals surface area contributed by atoms with E-state index in [-0.39, 0.29) is 5.92 Å². The molecule has 1 saturated heterocycles. The molecule has 1 unspecified atom stereocenters. The molecule has 0 saturated carbocycles. The van der Waals surface area contributed by atoms with Crippen molar-refractivity contribution in [3.63, 3.8) is 0 Å².